The molecule has 0 heteroatoms. The summed E-state index contributed by atoms with van der Waals surface area (Å²) in [6.45, 7) is 13.6. The molecule has 0 aliphatic carbocycles. The number of unbranched alkanes of at least 4 members (excludes halogenated alkanes) is 4. The lowest BCUT2D eigenvalue weighted by Gasteiger charge is -2.18. The maximum atomic E-state index is 2.39. The molecule has 4 aromatic carbocycles. The Hall–Kier alpha value is -3.12. The Balaban J connectivity index is 1.58. The van der Waals surface area contributed by atoms with Gasteiger partial charge in [0.15, 0.2) is 0 Å². The van der Waals surface area contributed by atoms with Crippen molar-refractivity contribution in [2.75, 3.05) is 0 Å². The molecule has 0 aliphatic heterocycles. The van der Waals surface area contributed by atoms with Crippen LogP contribution in [0.15, 0.2) is 72.8 Å². The SMILES string of the molecule is CCCCCc1ccc(-c2cc(C)c(-c3cc(C)c(-c4ccc(CCCCC)cc4)c(C)c3)c(C)c2)cc1. The van der Waals surface area contributed by atoms with E-state index in [-0.39, 0.29) is 0 Å². The maximum absolute atomic E-state index is 2.39. The van der Waals surface area contributed by atoms with Gasteiger partial charge in [-0.05, 0) is 120 Å². The molecule has 0 unspecified atom stereocenters. The smallest absolute Gasteiger partial charge is 0.0125 e. The van der Waals surface area contributed by atoms with Gasteiger partial charge in [-0.1, -0.05) is 112 Å². The second-order valence-corrected chi connectivity index (χ2v) is 11.3. The van der Waals surface area contributed by atoms with Crippen LogP contribution in [0, 0.1) is 27.7 Å². The van der Waals surface area contributed by atoms with Crippen LogP contribution in [0.25, 0.3) is 33.4 Å². The maximum Gasteiger partial charge on any atom is -0.0125 e. The zero-order valence-corrected chi connectivity index (χ0v) is 24.6. The molecule has 0 radical (unpaired) electrons. The first-order valence-corrected chi connectivity index (χ1v) is 14.8. The Morgan fingerprint density at radius 1 is 0.395 bits per heavy atom. The van der Waals surface area contributed by atoms with Crippen LogP contribution in [0.3, 0.4) is 0 Å². The third kappa shape index (κ3) is 6.65. The number of rotatable bonds is 11. The Morgan fingerprint density at radius 3 is 1.18 bits per heavy atom. The topological polar surface area (TPSA) is 0 Å². The van der Waals surface area contributed by atoms with Gasteiger partial charge in [-0.25, -0.2) is 0 Å². The van der Waals surface area contributed by atoms with Gasteiger partial charge >= 0.3 is 0 Å². The Morgan fingerprint density at radius 2 is 0.763 bits per heavy atom. The Bertz CT molecular complexity index is 1290. The molecule has 0 amide bonds. The van der Waals surface area contributed by atoms with Gasteiger partial charge in [-0.15, -0.1) is 0 Å². The molecule has 0 fully saturated rings. The molecule has 0 saturated heterocycles. The lowest BCUT2D eigenvalue weighted by molar-refractivity contribution is 0.717. The van der Waals surface area contributed by atoms with Gasteiger partial charge in [0.05, 0.1) is 0 Å². The fourth-order valence-electron chi connectivity index (χ4n) is 6.01. The molecule has 0 nitrogen and oxygen atoms in total. The lowest BCUT2D eigenvalue weighted by Crippen LogP contribution is -1.95. The molecule has 0 saturated carbocycles. The Labute approximate surface area is 232 Å². The summed E-state index contributed by atoms with van der Waals surface area (Å²) in [5.74, 6) is 0. The van der Waals surface area contributed by atoms with E-state index in [0.29, 0.717) is 0 Å². The highest BCUT2D eigenvalue weighted by Crippen LogP contribution is 2.37. The lowest BCUT2D eigenvalue weighted by atomic mass is 9.87. The minimum absolute atomic E-state index is 1.18. The highest BCUT2D eigenvalue weighted by molar-refractivity contribution is 5.81. The predicted octanol–water partition coefficient (Wildman–Crippen LogP) is 11.4. The van der Waals surface area contributed by atoms with E-state index in [1.165, 1.54) is 118 Å². The average Bonchev–Trinajstić information content (AvgIpc) is 2.89. The van der Waals surface area contributed by atoms with Crippen LogP contribution in [-0.4, -0.2) is 0 Å². The molecule has 4 rings (SSSR count). The van der Waals surface area contributed by atoms with Crippen LogP contribution < -0.4 is 0 Å². The first kappa shape index (κ1) is 27.9. The highest BCUT2D eigenvalue weighted by Gasteiger charge is 2.14. The standard InChI is InChI=1S/C38H46/c1-7-9-11-13-31-15-19-33(20-16-31)35-23-27(3)38(28(4)24-35)36-25-29(5)37(30(6)26-36)34-21-17-32(18-22-34)14-12-10-8-2/h15-26H,7-14H2,1-6H3. The van der Waals surface area contributed by atoms with E-state index in [4.69, 9.17) is 0 Å². The van der Waals surface area contributed by atoms with Crippen molar-refractivity contribution < 1.29 is 0 Å². The van der Waals surface area contributed by atoms with E-state index >= 15 is 0 Å². The molecule has 0 spiro atoms. The first-order chi connectivity index (χ1) is 18.4. The summed E-state index contributed by atoms with van der Waals surface area (Å²) in [6.07, 6.45) is 10.1. The van der Waals surface area contributed by atoms with Crippen molar-refractivity contribution in [3.8, 4) is 33.4 Å². The minimum Gasteiger partial charge on any atom is -0.0654 e. The van der Waals surface area contributed by atoms with E-state index in [2.05, 4.69) is 114 Å². The van der Waals surface area contributed by atoms with Crippen molar-refractivity contribution in [2.24, 2.45) is 0 Å². The van der Waals surface area contributed by atoms with Crippen molar-refractivity contribution in [1.29, 1.82) is 0 Å². The fourth-order valence-corrected chi connectivity index (χ4v) is 6.01. The van der Waals surface area contributed by atoms with Gasteiger partial charge in [0.2, 0.25) is 0 Å². The van der Waals surface area contributed by atoms with E-state index in [1.54, 1.807) is 0 Å². The van der Waals surface area contributed by atoms with Crippen LogP contribution in [0.2, 0.25) is 0 Å². The molecule has 0 aromatic heterocycles. The number of benzene rings is 4. The predicted molar refractivity (Wildman–Crippen MR) is 168 cm³/mol. The van der Waals surface area contributed by atoms with E-state index < -0.39 is 0 Å². The van der Waals surface area contributed by atoms with Crippen LogP contribution >= 0.6 is 0 Å². The van der Waals surface area contributed by atoms with Crippen LogP contribution in [0.4, 0.5) is 0 Å². The largest absolute Gasteiger partial charge is 0.0654 e. The third-order valence-corrected chi connectivity index (χ3v) is 8.02. The summed E-state index contributed by atoms with van der Waals surface area (Å²) in [4.78, 5) is 0. The summed E-state index contributed by atoms with van der Waals surface area (Å²) in [7, 11) is 0. The van der Waals surface area contributed by atoms with Crippen molar-refractivity contribution in [3.63, 3.8) is 0 Å². The van der Waals surface area contributed by atoms with Crippen molar-refractivity contribution in [2.45, 2.75) is 92.9 Å². The minimum atomic E-state index is 1.18. The monoisotopic (exact) mass is 502 g/mol. The quantitative estimate of drug-likeness (QED) is 0.179. The van der Waals surface area contributed by atoms with Crippen molar-refractivity contribution in [1.82, 2.24) is 0 Å². The van der Waals surface area contributed by atoms with Crippen molar-refractivity contribution >= 4 is 0 Å². The van der Waals surface area contributed by atoms with Gasteiger partial charge in [0.25, 0.3) is 0 Å². The summed E-state index contributed by atoms with van der Waals surface area (Å²) >= 11 is 0. The number of hydrogen-bond acceptors (Lipinski definition) is 0. The third-order valence-electron chi connectivity index (χ3n) is 8.02. The van der Waals surface area contributed by atoms with E-state index in [0.717, 1.165) is 0 Å². The van der Waals surface area contributed by atoms with Crippen LogP contribution in [0.5, 0.6) is 0 Å². The summed E-state index contributed by atoms with van der Waals surface area (Å²) in [5.41, 5.74) is 16.3. The van der Waals surface area contributed by atoms with Gasteiger partial charge < -0.3 is 0 Å². The zero-order chi connectivity index (χ0) is 27.1. The second-order valence-electron chi connectivity index (χ2n) is 11.3. The summed E-state index contributed by atoms with van der Waals surface area (Å²) in [6, 6.07) is 28.0. The van der Waals surface area contributed by atoms with Crippen LogP contribution in [-0.2, 0) is 12.8 Å². The second kappa shape index (κ2) is 13.1. The fraction of sp³-hybridized carbons (Fsp3) is 0.368. The normalized spacial score (nSPS) is 11.2. The van der Waals surface area contributed by atoms with Gasteiger partial charge in [-0.2, -0.15) is 0 Å². The molecule has 4 aromatic rings. The Kier molecular flexibility index (Phi) is 9.62. The van der Waals surface area contributed by atoms with Gasteiger partial charge in [0, 0.05) is 0 Å². The molecular formula is C38H46. The molecule has 0 N–H and O–H groups in total. The molecule has 0 atom stereocenters. The molecular weight excluding hydrogens is 456 g/mol. The molecule has 38 heavy (non-hydrogen) atoms. The zero-order valence-electron chi connectivity index (χ0n) is 24.6. The van der Waals surface area contributed by atoms with Gasteiger partial charge in [0.1, 0.15) is 0 Å². The summed E-state index contributed by atoms with van der Waals surface area (Å²) < 4.78 is 0. The highest BCUT2D eigenvalue weighted by atomic mass is 14.2. The van der Waals surface area contributed by atoms with E-state index in [9.17, 15) is 0 Å². The van der Waals surface area contributed by atoms with Crippen molar-refractivity contribution in [3.05, 3.63) is 106 Å². The molecule has 0 aliphatic rings. The first-order valence-electron chi connectivity index (χ1n) is 14.8. The average molecular weight is 503 g/mol. The van der Waals surface area contributed by atoms with E-state index in [1.807, 2.05) is 0 Å². The molecule has 0 bridgehead atoms. The summed E-state index contributed by atoms with van der Waals surface area (Å²) in [5, 5.41) is 0. The number of aryl methyl sites for hydroxylation is 6. The van der Waals surface area contributed by atoms with Crippen LogP contribution in [0.1, 0.15) is 85.8 Å². The molecule has 198 valence electrons. The van der Waals surface area contributed by atoms with Gasteiger partial charge in [-0.3, -0.25) is 0 Å². The molecule has 0 heterocycles. The number of hydrogen-bond donors (Lipinski definition) is 0.